The quantitative estimate of drug-likeness (QED) is 0.469. The van der Waals surface area contributed by atoms with Crippen LogP contribution in [0.3, 0.4) is 0 Å². The second kappa shape index (κ2) is 5.09. The number of carboxylic acids is 1. The van der Waals surface area contributed by atoms with Crippen molar-refractivity contribution in [2.75, 3.05) is 7.05 Å². The summed E-state index contributed by atoms with van der Waals surface area (Å²) in [6.07, 6.45) is 1.43. The van der Waals surface area contributed by atoms with Gasteiger partial charge in [0.2, 0.25) is 10.9 Å². The Morgan fingerprint density at radius 2 is 1.96 bits per heavy atom. The van der Waals surface area contributed by atoms with Crippen molar-refractivity contribution in [2.24, 2.45) is 0 Å². The van der Waals surface area contributed by atoms with Crippen LogP contribution < -0.4 is 21.4 Å². The zero-order valence-corrected chi connectivity index (χ0v) is 11.9. The number of aromatic hydroxyl groups is 1. The summed E-state index contributed by atoms with van der Waals surface area (Å²) >= 11 is 0. The molecule has 0 amide bonds. The number of hydrogen-bond donors (Lipinski definition) is 4. The number of benzene rings is 2. The van der Waals surface area contributed by atoms with E-state index in [4.69, 9.17) is 0 Å². The molecule has 23 heavy (non-hydrogen) atoms. The number of rotatable bonds is 2. The van der Waals surface area contributed by atoms with Gasteiger partial charge < -0.3 is 20.5 Å². The summed E-state index contributed by atoms with van der Waals surface area (Å²) in [6, 6.07) is 3.25. The molecule has 0 saturated heterocycles. The fourth-order valence-corrected chi connectivity index (χ4v) is 2.39. The van der Waals surface area contributed by atoms with Crippen molar-refractivity contribution >= 4 is 34.2 Å². The summed E-state index contributed by atoms with van der Waals surface area (Å²) in [4.78, 5) is 42.2. The van der Waals surface area contributed by atoms with Crippen LogP contribution in [0.25, 0.3) is 28.3 Å². The summed E-state index contributed by atoms with van der Waals surface area (Å²) in [6.45, 7) is 0. The highest BCUT2D eigenvalue weighted by molar-refractivity contribution is 6.02. The first-order valence-corrected chi connectivity index (χ1v) is 6.57. The lowest BCUT2D eigenvalue weighted by Gasteiger charge is -2.06. The molecule has 0 fully saturated rings. The molecule has 0 aliphatic carbocycles. The van der Waals surface area contributed by atoms with Crippen LogP contribution in [0.5, 0.6) is 5.75 Å². The van der Waals surface area contributed by atoms with E-state index in [9.17, 15) is 24.6 Å². The number of nitrogens with zero attached hydrogens (tertiary/aromatic N) is 1. The summed E-state index contributed by atoms with van der Waals surface area (Å²) in [5.74, 6) is -1.54. The van der Waals surface area contributed by atoms with E-state index in [0.717, 1.165) is 18.2 Å². The SMILES string of the molecule is CNC=c1c(O)cc(=O)c2[nH]c3c(C(=O)O)ccc(=O)c3nc12. The number of phenolic OH excluding ortho intramolecular Hbond substituents is 1. The monoisotopic (exact) mass is 313 g/mol. The van der Waals surface area contributed by atoms with Crippen molar-refractivity contribution in [1.29, 1.82) is 0 Å². The first-order valence-electron chi connectivity index (χ1n) is 6.57. The Bertz CT molecular complexity index is 1130. The molecule has 2 aromatic carbocycles. The number of nitrogens with one attached hydrogen (secondary N) is 2. The van der Waals surface area contributed by atoms with Gasteiger partial charge in [-0.2, -0.15) is 0 Å². The van der Waals surface area contributed by atoms with Crippen molar-refractivity contribution in [1.82, 2.24) is 15.3 Å². The second-order valence-electron chi connectivity index (χ2n) is 4.84. The summed E-state index contributed by atoms with van der Waals surface area (Å²) in [7, 11) is 1.60. The second-order valence-corrected chi connectivity index (χ2v) is 4.84. The number of carbonyl (C=O) groups is 1. The third kappa shape index (κ3) is 2.16. The molecule has 4 N–H and O–H groups in total. The van der Waals surface area contributed by atoms with Crippen molar-refractivity contribution in [2.45, 2.75) is 0 Å². The van der Waals surface area contributed by atoms with Crippen LogP contribution in [0, 0.1) is 0 Å². The van der Waals surface area contributed by atoms with Gasteiger partial charge in [0.05, 0.1) is 16.3 Å². The van der Waals surface area contributed by atoms with Gasteiger partial charge in [-0.25, -0.2) is 9.78 Å². The van der Waals surface area contributed by atoms with E-state index in [1.54, 1.807) is 7.05 Å². The lowest BCUT2D eigenvalue weighted by atomic mass is 10.1. The molecule has 0 saturated carbocycles. The predicted molar refractivity (Wildman–Crippen MR) is 83.5 cm³/mol. The highest BCUT2D eigenvalue weighted by Crippen LogP contribution is 2.15. The summed E-state index contributed by atoms with van der Waals surface area (Å²) in [5.41, 5.74) is -1.28. The summed E-state index contributed by atoms with van der Waals surface area (Å²) in [5, 5.41) is 22.1. The fourth-order valence-electron chi connectivity index (χ4n) is 2.39. The van der Waals surface area contributed by atoms with Crippen LogP contribution >= 0.6 is 0 Å². The van der Waals surface area contributed by atoms with Gasteiger partial charge in [-0.3, -0.25) is 9.59 Å². The molecule has 0 spiro atoms. The molecule has 1 heterocycles. The van der Waals surface area contributed by atoms with E-state index >= 15 is 0 Å². The van der Waals surface area contributed by atoms with Crippen molar-refractivity contribution in [3.63, 3.8) is 0 Å². The zero-order valence-electron chi connectivity index (χ0n) is 11.9. The zero-order chi connectivity index (χ0) is 16.7. The number of aromatic nitrogens is 2. The Kier molecular flexibility index (Phi) is 3.21. The highest BCUT2D eigenvalue weighted by atomic mass is 16.4. The minimum Gasteiger partial charge on any atom is -0.507 e. The normalized spacial score (nSPS) is 12.0. The number of H-pyrrole nitrogens is 1. The average molecular weight is 313 g/mol. The lowest BCUT2D eigenvalue weighted by Crippen LogP contribution is -2.19. The van der Waals surface area contributed by atoms with Crippen LogP contribution in [0.1, 0.15) is 10.4 Å². The largest absolute Gasteiger partial charge is 0.507 e. The van der Waals surface area contributed by atoms with E-state index in [2.05, 4.69) is 15.3 Å². The minimum atomic E-state index is -1.25. The third-order valence-corrected chi connectivity index (χ3v) is 3.42. The Morgan fingerprint density at radius 1 is 1.22 bits per heavy atom. The van der Waals surface area contributed by atoms with Crippen LogP contribution in [0.4, 0.5) is 0 Å². The van der Waals surface area contributed by atoms with Crippen molar-refractivity contribution < 1.29 is 15.0 Å². The van der Waals surface area contributed by atoms with Gasteiger partial charge in [0.15, 0.2) is 0 Å². The number of fused-ring (bicyclic) bond motifs is 2. The van der Waals surface area contributed by atoms with Gasteiger partial charge in [0.1, 0.15) is 22.3 Å². The molecule has 3 rings (SSSR count). The summed E-state index contributed by atoms with van der Waals surface area (Å²) < 4.78 is 0. The Balaban J connectivity index is 2.65. The van der Waals surface area contributed by atoms with Gasteiger partial charge in [0.25, 0.3) is 0 Å². The van der Waals surface area contributed by atoms with Gasteiger partial charge >= 0.3 is 5.97 Å². The van der Waals surface area contributed by atoms with Gasteiger partial charge in [0, 0.05) is 19.3 Å². The van der Waals surface area contributed by atoms with E-state index in [-0.39, 0.29) is 38.6 Å². The molecule has 0 aliphatic rings. The molecule has 0 unspecified atom stereocenters. The Labute approximate surface area is 127 Å². The third-order valence-electron chi connectivity index (χ3n) is 3.42. The first kappa shape index (κ1) is 14.5. The molecular weight excluding hydrogens is 302 g/mol. The average Bonchev–Trinajstić information content (AvgIpc) is 2.50. The van der Waals surface area contributed by atoms with Gasteiger partial charge in [-0.05, 0) is 12.1 Å². The molecule has 1 aromatic heterocycles. The highest BCUT2D eigenvalue weighted by Gasteiger charge is 2.15. The lowest BCUT2D eigenvalue weighted by molar-refractivity contribution is 0.0699. The number of aromatic carboxylic acids is 1. The molecule has 0 aliphatic heterocycles. The maximum Gasteiger partial charge on any atom is 0.337 e. The van der Waals surface area contributed by atoms with E-state index < -0.39 is 16.8 Å². The number of phenols is 1. The maximum atomic E-state index is 12.1. The molecular formula is C15H11N3O5. The van der Waals surface area contributed by atoms with Gasteiger partial charge in [-0.1, -0.05) is 0 Å². The van der Waals surface area contributed by atoms with Crippen molar-refractivity contribution in [3.05, 3.63) is 49.4 Å². The predicted octanol–water partition coefficient (Wildman–Crippen LogP) is -0.483. The molecule has 8 nitrogen and oxygen atoms in total. The molecule has 8 heteroatoms. The Morgan fingerprint density at radius 3 is 2.61 bits per heavy atom. The van der Waals surface area contributed by atoms with Crippen LogP contribution in [-0.4, -0.2) is 33.2 Å². The van der Waals surface area contributed by atoms with Crippen LogP contribution in [-0.2, 0) is 0 Å². The van der Waals surface area contributed by atoms with E-state index in [0.29, 0.717) is 0 Å². The number of aromatic amines is 1. The first-order chi connectivity index (χ1) is 10.9. The smallest absolute Gasteiger partial charge is 0.337 e. The fraction of sp³-hybridized carbons (Fsp3) is 0.0667. The molecule has 0 radical (unpaired) electrons. The Hall–Kier alpha value is -3.42. The minimum absolute atomic E-state index is 0.00454. The van der Waals surface area contributed by atoms with Crippen LogP contribution in [0.2, 0.25) is 0 Å². The molecule has 3 aromatic rings. The van der Waals surface area contributed by atoms with Crippen LogP contribution in [0.15, 0.2) is 27.8 Å². The van der Waals surface area contributed by atoms with Gasteiger partial charge in [-0.15, -0.1) is 0 Å². The van der Waals surface area contributed by atoms with E-state index in [1.807, 2.05) is 0 Å². The van der Waals surface area contributed by atoms with E-state index in [1.165, 1.54) is 6.20 Å². The van der Waals surface area contributed by atoms with Crippen molar-refractivity contribution in [3.8, 4) is 5.75 Å². The topological polar surface area (TPSA) is 132 Å². The molecule has 116 valence electrons. The molecule has 0 bridgehead atoms. The maximum absolute atomic E-state index is 12.1. The number of carboxylic acid groups (broad SMARTS) is 1. The molecule has 0 atom stereocenters. The number of hydrogen-bond acceptors (Lipinski definition) is 6. The standard InChI is InChI=1S/C15H11N3O5/c1-16-5-7-9(20)4-10(21)14-12(7)18-13-8(19)3-2-6(15(22)23)11(13)17-14/h2-5,16-17,20H,1H3,(H,22,23).